The molecule has 1 heterocycles. The van der Waals surface area contributed by atoms with Crippen LogP contribution in [0.15, 0.2) is 12.1 Å². The molecule has 0 spiro atoms. The van der Waals surface area contributed by atoms with E-state index in [1.54, 1.807) is 4.90 Å². The molecule has 1 aromatic carbocycles. The third-order valence-corrected chi connectivity index (χ3v) is 3.34. The molecule has 1 fully saturated rings. The van der Waals surface area contributed by atoms with E-state index < -0.39 is 35.5 Å². The third kappa shape index (κ3) is 3.68. The summed E-state index contributed by atoms with van der Waals surface area (Å²) in [5, 5.41) is 0. The molecule has 7 heteroatoms. The first-order valence-electron chi connectivity index (χ1n) is 6.68. The number of hydrogen-bond acceptors (Lipinski definition) is 4. The van der Waals surface area contributed by atoms with Crippen molar-refractivity contribution in [3.05, 3.63) is 29.3 Å². The van der Waals surface area contributed by atoms with E-state index in [0.29, 0.717) is 25.2 Å². The standard InChI is InChI=1S/C14H16F2N2O3/c15-10-7-12(17)11(16)6-9(10)14(20)21-8-13(19)18-4-2-1-3-5-18/h6-7H,1-5,8,17H2. The first kappa shape index (κ1) is 15.2. The first-order valence-corrected chi connectivity index (χ1v) is 6.68. The van der Waals surface area contributed by atoms with E-state index in [1.807, 2.05) is 0 Å². The number of carbonyl (C=O) groups excluding carboxylic acids is 2. The number of nitrogens with zero attached hydrogens (tertiary/aromatic N) is 1. The van der Waals surface area contributed by atoms with Crippen molar-refractivity contribution >= 4 is 17.6 Å². The molecule has 5 nitrogen and oxygen atoms in total. The zero-order valence-corrected chi connectivity index (χ0v) is 11.4. The van der Waals surface area contributed by atoms with Gasteiger partial charge in [0.2, 0.25) is 0 Å². The van der Waals surface area contributed by atoms with E-state index in [4.69, 9.17) is 10.5 Å². The number of hydrogen-bond donors (Lipinski definition) is 1. The summed E-state index contributed by atoms with van der Waals surface area (Å²) in [6.45, 7) is 0.771. The molecule has 21 heavy (non-hydrogen) atoms. The van der Waals surface area contributed by atoms with Gasteiger partial charge >= 0.3 is 5.97 Å². The topological polar surface area (TPSA) is 72.6 Å². The second-order valence-electron chi connectivity index (χ2n) is 4.87. The fourth-order valence-corrected chi connectivity index (χ4v) is 2.16. The summed E-state index contributed by atoms with van der Waals surface area (Å²) in [4.78, 5) is 25.1. The van der Waals surface area contributed by atoms with Gasteiger partial charge in [0.1, 0.15) is 11.6 Å². The zero-order chi connectivity index (χ0) is 15.4. The maximum Gasteiger partial charge on any atom is 0.341 e. The normalized spacial score (nSPS) is 14.9. The van der Waals surface area contributed by atoms with Crippen molar-refractivity contribution < 1.29 is 23.1 Å². The lowest BCUT2D eigenvalue weighted by atomic mass is 10.1. The van der Waals surface area contributed by atoms with Crippen molar-refractivity contribution in [2.24, 2.45) is 0 Å². The van der Waals surface area contributed by atoms with Crippen molar-refractivity contribution in [3.8, 4) is 0 Å². The molecule has 0 aromatic heterocycles. The van der Waals surface area contributed by atoms with Gasteiger partial charge in [0.25, 0.3) is 5.91 Å². The Balaban J connectivity index is 1.95. The summed E-state index contributed by atoms with van der Waals surface area (Å²) in [5.41, 5.74) is 4.21. The Morgan fingerprint density at radius 3 is 2.48 bits per heavy atom. The summed E-state index contributed by atoms with van der Waals surface area (Å²) in [6.07, 6.45) is 2.90. The number of rotatable bonds is 3. The van der Waals surface area contributed by atoms with Crippen LogP contribution in [0.5, 0.6) is 0 Å². The summed E-state index contributed by atoms with van der Waals surface area (Å²) in [5.74, 6) is -3.31. The Labute approximate surface area is 120 Å². The van der Waals surface area contributed by atoms with Crippen LogP contribution in [0.2, 0.25) is 0 Å². The van der Waals surface area contributed by atoms with E-state index >= 15 is 0 Å². The largest absolute Gasteiger partial charge is 0.452 e. The van der Waals surface area contributed by atoms with Gasteiger partial charge in [-0.15, -0.1) is 0 Å². The Morgan fingerprint density at radius 2 is 1.81 bits per heavy atom. The number of likely N-dealkylation sites (tertiary alicyclic amines) is 1. The molecule has 0 radical (unpaired) electrons. The molecule has 2 N–H and O–H groups in total. The van der Waals surface area contributed by atoms with E-state index in [-0.39, 0.29) is 5.91 Å². The van der Waals surface area contributed by atoms with E-state index in [0.717, 1.165) is 19.3 Å². The zero-order valence-electron chi connectivity index (χ0n) is 11.4. The minimum Gasteiger partial charge on any atom is -0.452 e. The van der Waals surface area contributed by atoms with Gasteiger partial charge in [-0.3, -0.25) is 4.79 Å². The van der Waals surface area contributed by atoms with Crippen molar-refractivity contribution in [2.75, 3.05) is 25.4 Å². The van der Waals surface area contributed by atoms with Crippen LogP contribution in [0.3, 0.4) is 0 Å². The number of amides is 1. The highest BCUT2D eigenvalue weighted by Gasteiger charge is 2.21. The Bertz CT molecular complexity index is 557. The lowest BCUT2D eigenvalue weighted by Crippen LogP contribution is -2.38. The van der Waals surface area contributed by atoms with Crippen LogP contribution in [0.4, 0.5) is 14.5 Å². The number of ether oxygens (including phenoxy) is 1. The SMILES string of the molecule is Nc1cc(F)c(C(=O)OCC(=O)N2CCCCC2)cc1F. The van der Waals surface area contributed by atoms with Gasteiger partial charge in [-0.1, -0.05) is 0 Å². The number of esters is 1. The average Bonchev–Trinajstić information content (AvgIpc) is 2.49. The van der Waals surface area contributed by atoms with Gasteiger partial charge in [-0.2, -0.15) is 0 Å². The van der Waals surface area contributed by atoms with Crippen LogP contribution in [0.25, 0.3) is 0 Å². The molecule has 114 valence electrons. The number of benzene rings is 1. The number of nitrogens with two attached hydrogens (primary N) is 1. The second kappa shape index (κ2) is 6.51. The Hall–Kier alpha value is -2.18. The molecule has 0 saturated carbocycles. The molecule has 2 rings (SSSR count). The van der Waals surface area contributed by atoms with Gasteiger partial charge in [0, 0.05) is 19.2 Å². The molecule has 0 unspecified atom stereocenters. The van der Waals surface area contributed by atoms with Crippen molar-refractivity contribution in [3.63, 3.8) is 0 Å². The predicted octanol–water partition coefficient (Wildman–Crippen LogP) is 1.72. The third-order valence-electron chi connectivity index (χ3n) is 3.34. The molecule has 1 aliphatic heterocycles. The number of nitrogen functional groups attached to an aromatic ring is 1. The second-order valence-corrected chi connectivity index (χ2v) is 4.87. The number of carbonyl (C=O) groups is 2. The van der Waals surface area contributed by atoms with Crippen LogP contribution in [-0.2, 0) is 9.53 Å². The number of halogens is 2. The molecule has 1 aliphatic rings. The van der Waals surface area contributed by atoms with Gasteiger partial charge in [-0.25, -0.2) is 13.6 Å². The van der Waals surface area contributed by atoms with Gasteiger partial charge in [0.15, 0.2) is 6.61 Å². The van der Waals surface area contributed by atoms with Crippen molar-refractivity contribution in [1.29, 1.82) is 0 Å². The maximum absolute atomic E-state index is 13.5. The lowest BCUT2D eigenvalue weighted by molar-refractivity contribution is -0.135. The smallest absolute Gasteiger partial charge is 0.341 e. The lowest BCUT2D eigenvalue weighted by Gasteiger charge is -2.26. The molecular weight excluding hydrogens is 282 g/mol. The van der Waals surface area contributed by atoms with Crippen LogP contribution < -0.4 is 5.73 Å². The molecule has 0 atom stereocenters. The van der Waals surface area contributed by atoms with Crippen molar-refractivity contribution in [1.82, 2.24) is 4.90 Å². The van der Waals surface area contributed by atoms with Gasteiger partial charge < -0.3 is 15.4 Å². The van der Waals surface area contributed by atoms with Crippen molar-refractivity contribution in [2.45, 2.75) is 19.3 Å². The average molecular weight is 298 g/mol. The fraction of sp³-hybridized carbons (Fsp3) is 0.429. The van der Waals surface area contributed by atoms with Crippen LogP contribution in [0.1, 0.15) is 29.6 Å². The number of anilines is 1. The summed E-state index contributed by atoms with van der Waals surface area (Å²) in [7, 11) is 0. The van der Waals surface area contributed by atoms with Crippen LogP contribution in [0, 0.1) is 11.6 Å². The van der Waals surface area contributed by atoms with Gasteiger partial charge in [-0.05, 0) is 25.3 Å². The monoisotopic (exact) mass is 298 g/mol. The minimum atomic E-state index is -1.09. The number of piperidine rings is 1. The molecule has 1 amide bonds. The van der Waals surface area contributed by atoms with Crippen LogP contribution >= 0.6 is 0 Å². The van der Waals surface area contributed by atoms with Crippen LogP contribution in [-0.4, -0.2) is 36.5 Å². The highest BCUT2D eigenvalue weighted by molar-refractivity contribution is 5.92. The molecule has 1 saturated heterocycles. The minimum absolute atomic E-state index is 0.334. The summed E-state index contributed by atoms with van der Waals surface area (Å²) >= 11 is 0. The van der Waals surface area contributed by atoms with E-state index in [1.165, 1.54) is 0 Å². The Kier molecular flexibility index (Phi) is 4.72. The molecule has 1 aromatic rings. The predicted molar refractivity (Wildman–Crippen MR) is 71.5 cm³/mol. The maximum atomic E-state index is 13.5. The first-order chi connectivity index (χ1) is 9.99. The summed E-state index contributed by atoms with van der Waals surface area (Å²) in [6, 6.07) is 1.37. The van der Waals surface area contributed by atoms with Gasteiger partial charge in [0.05, 0.1) is 11.3 Å². The van der Waals surface area contributed by atoms with E-state index in [9.17, 15) is 18.4 Å². The van der Waals surface area contributed by atoms with E-state index in [2.05, 4.69) is 0 Å². The Morgan fingerprint density at radius 1 is 1.14 bits per heavy atom. The highest BCUT2D eigenvalue weighted by atomic mass is 19.1. The fourth-order valence-electron chi connectivity index (χ4n) is 2.16. The highest BCUT2D eigenvalue weighted by Crippen LogP contribution is 2.17. The molecular formula is C14H16F2N2O3. The molecule has 0 aliphatic carbocycles. The quantitative estimate of drug-likeness (QED) is 0.681. The summed E-state index contributed by atoms with van der Waals surface area (Å²) < 4.78 is 31.5. The molecule has 0 bridgehead atoms.